The molecule has 15 aromatic rings. The number of fused-ring (bicyclic) bond motifs is 18. The van der Waals surface area contributed by atoms with Gasteiger partial charge in [-0.15, -0.1) is 0 Å². The van der Waals surface area contributed by atoms with Gasteiger partial charge >= 0.3 is 0 Å². The molecule has 3 aliphatic heterocycles. The first-order valence-electron chi connectivity index (χ1n) is 34.9. The highest BCUT2D eigenvalue weighted by Gasteiger charge is 2.23. The molecule has 0 radical (unpaired) electrons. The Kier molecular flexibility index (Phi) is 15.9. The van der Waals surface area contributed by atoms with E-state index in [1.165, 1.54) is 104 Å². The van der Waals surface area contributed by atoms with Crippen molar-refractivity contribution in [1.82, 2.24) is 50.1 Å². The first-order valence-corrected chi connectivity index (χ1v) is 34.9. The number of furan rings is 1. The van der Waals surface area contributed by atoms with Gasteiger partial charge in [-0.2, -0.15) is 5.10 Å². The lowest BCUT2D eigenvalue weighted by Gasteiger charge is -2.11. The first-order chi connectivity index (χ1) is 48.0. The van der Waals surface area contributed by atoms with Gasteiger partial charge in [0.25, 0.3) is 0 Å². The van der Waals surface area contributed by atoms with Crippen molar-refractivity contribution in [1.29, 1.82) is 0 Å². The number of nitrogens with one attached hydrogen (secondary N) is 5. The second-order valence-electron chi connectivity index (χ2n) is 28.8. The Morgan fingerprint density at radius 1 is 0.333 bits per heavy atom. The molecule has 6 aromatic heterocycles. The van der Waals surface area contributed by atoms with Crippen LogP contribution in [0.3, 0.4) is 0 Å². The minimum absolute atomic E-state index is 0.367. The summed E-state index contributed by atoms with van der Waals surface area (Å²) in [5, 5.41) is 24.4. The van der Waals surface area contributed by atoms with Crippen LogP contribution in [-0.4, -0.2) is 67.2 Å². The van der Waals surface area contributed by atoms with Crippen LogP contribution in [0.2, 0.25) is 0 Å². The Morgan fingerprint density at radius 2 is 0.707 bits per heavy atom. The Bertz CT molecular complexity index is 5360. The fourth-order valence-corrected chi connectivity index (χ4v) is 14.4. The average Bonchev–Trinajstić information content (AvgIpc) is 1.73. The third kappa shape index (κ3) is 11.3. The summed E-state index contributed by atoms with van der Waals surface area (Å²) in [5.74, 6) is 5.55. The van der Waals surface area contributed by atoms with Crippen molar-refractivity contribution in [2.45, 2.75) is 120 Å². The maximum Gasteiger partial charge on any atom is 0.142 e. The van der Waals surface area contributed by atoms with E-state index in [0.29, 0.717) is 35.5 Å². The van der Waals surface area contributed by atoms with E-state index in [-0.39, 0.29) is 0 Å². The lowest BCUT2D eigenvalue weighted by atomic mass is 9.92. The lowest BCUT2D eigenvalue weighted by molar-refractivity contribution is 0.619. The number of hydrogen-bond acceptors (Lipinski definition) is 9. The second-order valence-corrected chi connectivity index (χ2v) is 28.8. The van der Waals surface area contributed by atoms with Crippen molar-refractivity contribution in [3.05, 3.63) is 205 Å². The van der Waals surface area contributed by atoms with Gasteiger partial charge in [-0.05, 0) is 137 Å². The molecule has 5 N–H and O–H groups in total. The van der Waals surface area contributed by atoms with E-state index in [2.05, 4.69) is 258 Å². The minimum Gasteiger partial charge on any atom is -0.464 e. The molecule has 3 aliphatic rings. The number of benzene rings is 9. The van der Waals surface area contributed by atoms with E-state index < -0.39 is 0 Å². The van der Waals surface area contributed by atoms with Gasteiger partial charge in [-0.1, -0.05) is 156 Å². The number of H-pyrrole nitrogens is 5. The predicted octanol–water partition coefficient (Wildman–Crippen LogP) is 22.5. The molecule has 0 aliphatic carbocycles. The molecule has 492 valence electrons. The van der Waals surface area contributed by atoms with Crippen molar-refractivity contribution in [3.8, 4) is 33.8 Å². The van der Waals surface area contributed by atoms with E-state index in [4.69, 9.17) is 9.40 Å². The molecule has 9 heterocycles. The van der Waals surface area contributed by atoms with Crippen molar-refractivity contribution < 1.29 is 4.42 Å². The molecule has 0 unspecified atom stereocenters. The molecule has 14 nitrogen and oxygen atoms in total. The Balaban J connectivity index is 0.000000116. The second kappa shape index (κ2) is 25.1. The van der Waals surface area contributed by atoms with Crippen LogP contribution < -0.4 is 0 Å². The third-order valence-corrected chi connectivity index (χ3v) is 20.3. The van der Waals surface area contributed by atoms with E-state index in [1.54, 1.807) is 12.6 Å². The van der Waals surface area contributed by atoms with Gasteiger partial charge in [-0.25, -0.2) is 19.9 Å². The normalized spacial score (nSPS) is 14.2. The van der Waals surface area contributed by atoms with Gasteiger partial charge in [0.15, 0.2) is 0 Å². The number of nitrogens with zero attached hydrogens (tertiary/aromatic N) is 8. The zero-order valence-electron chi connectivity index (χ0n) is 58.2. The summed E-state index contributed by atoms with van der Waals surface area (Å²) in [6.07, 6.45) is 20.2. The Hall–Kier alpha value is -11.1. The van der Waals surface area contributed by atoms with Crippen LogP contribution in [-0.2, 0) is 0 Å². The largest absolute Gasteiger partial charge is 0.464 e. The molecule has 0 fully saturated rings. The van der Waals surface area contributed by atoms with Gasteiger partial charge in [0, 0.05) is 122 Å². The van der Waals surface area contributed by atoms with Gasteiger partial charge in [0.1, 0.15) is 23.1 Å². The first kappa shape index (κ1) is 62.7. The van der Waals surface area contributed by atoms with E-state index in [9.17, 15) is 0 Å². The highest BCUT2D eigenvalue weighted by atomic mass is 16.3. The molecule has 0 spiro atoms. The topological polar surface area (TPSA) is 194 Å². The van der Waals surface area contributed by atoms with Crippen LogP contribution in [0.15, 0.2) is 191 Å². The molecular weight excluding hydrogens is 1220 g/mol. The van der Waals surface area contributed by atoms with Crippen molar-refractivity contribution in [2.24, 2.45) is 32.7 Å². The fourth-order valence-electron chi connectivity index (χ4n) is 14.4. The number of aliphatic imine (C=N–C) groups is 3. The van der Waals surface area contributed by atoms with Crippen LogP contribution >= 0.6 is 0 Å². The quantitative estimate of drug-likeness (QED) is 0.0755. The standard InChI is InChI=1S/C29H27N3O.2C28H27N5/c1-16(2)26-13-20(14-30-26)18-5-7-21-22-8-6-19(27-15-31-29(32-27)17(3)4)12-25(22)28-23(9-10-33-28)24(21)11-18;1-15(2)25-11-19(12-29-25)17-5-7-20-21-8-6-18(26-14-30-28(32-26)16(3)4)10-23(21)27-24(13-31-33-27)22(20)9-17;1-15(2)24-11-19(12-29-24)17-5-7-20-21-8-6-18(25-13-30-28(33-25)16(3)4)10-23(21)27-26(22(20)9-17)31-14-32-27/h5-12,14-17H,13H2,1-4H3,(H,31,32);5-10,12-16H,11H2,1-4H3,(H,30,32)(H,31,33);5-10,12-16H,11H2,1-4H3,(H,30,33)(H,31,32). The summed E-state index contributed by atoms with van der Waals surface area (Å²) >= 11 is 0. The molecule has 99 heavy (non-hydrogen) atoms. The molecule has 18 rings (SSSR count). The van der Waals surface area contributed by atoms with Gasteiger partial charge in [-0.3, -0.25) is 20.1 Å². The number of allylic oxidation sites excluding steroid dienone is 3. The van der Waals surface area contributed by atoms with E-state index in [0.717, 1.165) is 114 Å². The maximum atomic E-state index is 6.02. The van der Waals surface area contributed by atoms with E-state index >= 15 is 0 Å². The fraction of sp³-hybridized carbons (Fsp3) is 0.247. The SMILES string of the molecule is CC(C)C1=NC=C(c2ccc3c(c2)c2ccoc2c2cc(-c4cnc(C(C)C)[nH]4)ccc32)C1.CC(C)C1=NC=C(c2ccc3c(c2)c2cn[nH]c2c2cc(-c4cnc(C(C)C)[nH]4)ccc32)C1.CC(C)C1=NC=C(c2ccc3c4ccc(-c5cnc(C(C)C)[nH]5)cc4c4nc[nH]c4c3c2)C1. The van der Waals surface area contributed by atoms with Crippen LogP contribution in [0, 0.1) is 17.8 Å². The lowest BCUT2D eigenvalue weighted by Crippen LogP contribution is -2.04. The van der Waals surface area contributed by atoms with Gasteiger partial charge < -0.3 is 24.4 Å². The van der Waals surface area contributed by atoms with Crippen molar-refractivity contribution in [3.63, 3.8) is 0 Å². The molecular formula is C85H81N13O. The third-order valence-electron chi connectivity index (χ3n) is 20.3. The summed E-state index contributed by atoms with van der Waals surface area (Å²) in [6.45, 7) is 26.1. The molecule has 0 bridgehead atoms. The zero-order chi connectivity index (χ0) is 68.1. The minimum atomic E-state index is 0.367. The van der Waals surface area contributed by atoms with Crippen LogP contribution in [0.4, 0.5) is 0 Å². The van der Waals surface area contributed by atoms with Crippen LogP contribution in [0.25, 0.3) is 148 Å². The zero-order valence-corrected chi connectivity index (χ0v) is 58.2. The molecule has 9 aromatic carbocycles. The molecule has 0 amide bonds. The van der Waals surface area contributed by atoms with Gasteiger partial charge in [0.2, 0.25) is 0 Å². The summed E-state index contributed by atoms with van der Waals surface area (Å²) in [7, 11) is 0. The summed E-state index contributed by atoms with van der Waals surface area (Å²) in [6, 6.07) is 42.3. The number of aromatic amines is 5. The number of imidazole rings is 4. The molecule has 0 atom stereocenters. The summed E-state index contributed by atoms with van der Waals surface area (Å²) < 4.78 is 6.02. The molecule has 14 heteroatoms. The van der Waals surface area contributed by atoms with Crippen LogP contribution in [0.1, 0.15) is 154 Å². The summed E-state index contributed by atoms with van der Waals surface area (Å²) in [5.41, 5.74) is 21.9. The molecule has 0 saturated heterocycles. The Labute approximate surface area is 574 Å². The number of aromatic nitrogens is 10. The molecule has 0 saturated carbocycles. The average molecular weight is 1300 g/mol. The monoisotopic (exact) mass is 1300 g/mol. The highest BCUT2D eigenvalue weighted by molar-refractivity contribution is 6.27. The van der Waals surface area contributed by atoms with Crippen molar-refractivity contribution >= 4 is 131 Å². The Morgan fingerprint density at radius 3 is 1.14 bits per heavy atom. The number of hydrogen-bond donors (Lipinski definition) is 5. The highest BCUT2D eigenvalue weighted by Crippen LogP contribution is 2.43. The van der Waals surface area contributed by atoms with E-state index in [1.807, 2.05) is 43.4 Å². The maximum absolute atomic E-state index is 6.02. The predicted molar refractivity (Wildman–Crippen MR) is 413 cm³/mol. The number of rotatable bonds is 12. The summed E-state index contributed by atoms with van der Waals surface area (Å²) in [4.78, 5) is 46.1. The van der Waals surface area contributed by atoms with Crippen molar-refractivity contribution in [2.75, 3.05) is 0 Å². The van der Waals surface area contributed by atoms with Crippen LogP contribution in [0.5, 0.6) is 0 Å². The smallest absolute Gasteiger partial charge is 0.142 e. The van der Waals surface area contributed by atoms with Gasteiger partial charge in [0.05, 0.1) is 71.0 Å².